The van der Waals surface area contributed by atoms with Gasteiger partial charge in [0.2, 0.25) is 5.60 Å². The van der Waals surface area contributed by atoms with E-state index in [0.717, 1.165) is 5.56 Å². The predicted molar refractivity (Wildman–Crippen MR) is 74.6 cm³/mol. The largest absolute Gasteiger partial charge is 0.466 e. The van der Waals surface area contributed by atoms with Crippen LogP contribution in [0.15, 0.2) is 54.6 Å². The molecule has 100 valence electrons. The number of Topliss-reactive ketones (excluding diaryl/α,β-unsaturated/α-hetero) is 2. The summed E-state index contributed by atoms with van der Waals surface area (Å²) in [5.74, 6) is 0.101. The third kappa shape index (κ3) is 1.74. The Hall–Kier alpha value is -2.42. The van der Waals surface area contributed by atoms with E-state index < -0.39 is 5.60 Å². The Morgan fingerprint density at radius 3 is 2.40 bits per heavy atom. The number of carbonyl (C=O) groups is 2. The van der Waals surface area contributed by atoms with Gasteiger partial charge in [-0.1, -0.05) is 48.5 Å². The summed E-state index contributed by atoms with van der Waals surface area (Å²) in [4.78, 5) is 24.8. The molecule has 3 rings (SSSR count). The minimum Gasteiger partial charge on any atom is -0.466 e. The van der Waals surface area contributed by atoms with Gasteiger partial charge in [0.25, 0.3) is 0 Å². The van der Waals surface area contributed by atoms with E-state index in [2.05, 4.69) is 0 Å². The van der Waals surface area contributed by atoms with Crippen LogP contribution in [0.25, 0.3) is 0 Å². The smallest absolute Gasteiger partial charge is 0.249 e. The van der Waals surface area contributed by atoms with E-state index in [9.17, 15) is 9.59 Å². The first-order chi connectivity index (χ1) is 9.64. The first-order valence-electron chi connectivity index (χ1n) is 6.51. The van der Waals surface area contributed by atoms with Crippen LogP contribution in [0.3, 0.4) is 0 Å². The molecule has 20 heavy (non-hydrogen) atoms. The lowest BCUT2D eigenvalue weighted by molar-refractivity contribution is -0.148. The van der Waals surface area contributed by atoms with Crippen molar-refractivity contribution >= 4 is 11.6 Å². The minimum atomic E-state index is -1.50. The second-order valence-electron chi connectivity index (χ2n) is 4.91. The molecule has 1 heterocycles. The van der Waals surface area contributed by atoms with E-state index in [1.54, 1.807) is 30.3 Å². The summed E-state index contributed by atoms with van der Waals surface area (Å²) < 4.78 is 5.88. The van der Waals surface area contributed by atoms with Gasteiger partial charge in [0.05, 0.1) is 0 Å². The van der Waals surface area contributed by atoms with Gasteiger partial charge in [-0.25, -0.2) is 0 Å². The Balaban J connectivity index is 2.18. The fourth-order valence-corrected chi connectivity index (χ4v) is 2.63. The van der Waals surface area contributed by atoms with Crippen LogP contribution >= 0.6 is 0 Å². The normalized spacial score (nSPS) is 20.9. The Labute approximate surface area is 117 Å². The summed E-state index contributed by atoms with van der Waals surface area (Å²) in [6, 6.07) is 16.3. The van der Waals surface area contributed by atoms with Crippen LogP contribution in [-0.2, 0) is 21.6 Å². The second kappa shape index (κ2) is 4.60. The van der Waals surface area contributed by atoms with Gasteiger partial charge in [0.1, 0.15) is 5.75 Å². The van der Waals surface area contributed by atoms with Crippen LogP contribution in [-0.4, -0.2) is 11.6 Å². The molecule has 0 aromatic heterocycles. The van der Waals surface area contributed by atoms with Gasteiger partial charge in [-0.2, -0.15) is 0 Å². The molecule has 1 aliphatic heterocycles. The van der Waals surface area contributed by atoms with Gasteiger partial charge in [0.15, 0.2) is 11.6 Å². The highest BCUT2D eigenvalue weighted by Gasteiger charge is 2.49. The van der Waals surface area contributed by atoms with Gasteiger partial charge in [-0.05, 0) is 13.0 Å². The number of ketones is 2. The SMILES string of the molecule is CC(=O)C1(c2ccccc2)Oc2ccccc2CC1=O. The van der Waals surface area contributed by atoms with Gasteiger partial charge < -0.3 is 4.74 Å². The zero-order valence-electron chi connectivity index (χ0n) is 11.1. The van der Waals surface area contributed by atoms with Crippen molar-refractivity contribution in [3.8, 4) is 5.75 Å². The van der Waals surface area contributed by atoms with Crippen LogP contribution < -0.4 is 4.74 Å². The fourth-order valence-electron chi connectivity index (χ4n) is 2.63. The molecule has 0 saturated carbocycles. The number of ether oxygens (including phenoxy) is 1. The molecule has 3 heteroatoms. The molecule has 0 bridgehead atoms. The van der Waals surface area contributed by atoms with Gasteiger partial charge in [-0.15, -0.1) is 0 Å². The number of rotatable bonds is 2. The Kier molecular flexibility index (Phi) is 2.90. The Bertz CT molecular complexity index is 676. The van der Waals surface area contributed by atoms with E-state index in [0.29, 0.717) is 11.3 Å². The topological polar surface area (TPSA) is 43.4 Å². The lowest BCUT2D eigenvalue weighted by Gasteiger charge is -2.35. The lowest BCUT2D eigenvalue weighted by Crippen LogP contribution is -2.50. The highest BCUT2D eigenvalue weighted by Crippen LogP contribution is 2.38. The molecule has 1 unspecified atom stereocenters. The first-order valence-corrected chi connectivity index (χ1v) is 6.51. The monoisotopic (exact) mass is 266 g/mol. The quantitative estimate of drug-likeness (QED) is 0.785. The molecule has 0 radical (unpaired) electrons. The van der Waals surface area contributed by atoms with Gasteiger partial charge in [0, 0.05) is 17.5 Å². The zero-order chi connectivity index (χ0) is 14.2. The third-order valence-electron chi connectivity index (χ3n) is 3.66. The highest BCUT2D eigenvalue weighted by atomic mass is 16.5. The van der Waals surface area contributed by atoms with E-state index >= 15 is 0 Å². The molecule has 2 aromatic carbocycles. The Morgan fingerprint density at radius 1 is 1.05 bits per heavy atom. The maximum atomic E-state index is 12.6. The molecule has 0 aliphatic carbocycles. The van der Waals surface area contributed by atoms with Crippen molar-refractivity contribution in [2.45, 2.75) is 18.9 Å². The third-order valence-corrected chi connectivity index (χ3v) is 3.66. The van der Waals surface area contributed by atoms with Crippen LogP contribution in [0.4, 0.5) is 0 Å². The highest BCUT2D eigenvalue weighted by molar-refractivity contribution is 6.12. The molecule has 1 aliphatic rings. The Morgan fingerprint density at radius 2 is 1.70 bits per heavy atom. The van der Waals surface area contributed by atoms with Crippen LogP contribution in [0, 0.1) is 0 Å². The van der Waals surface area contributed by atoms with Crippen LogP contribution in [0.5, 0.6) is 5.75 Å². The number of carbonyl (C=O) groups excluding carboxylic acids is 2. The predicted octanol–water partition coefficient (Wildman–Crippen LogP) is 2.68. The molecule has 0 fully saturated rings. The summed E-state index contributed by atoms with van der Waals surface area (Å²) in [5, 5.41) is 0. The number of benzene rings is 2. The van der Waals surface area contributed by atoms with E-state index in [-0.39, 0.29) is 18.0 Å². The van der Waals surface area contributed by atoms with Crippen LogP contribution in [0.2, 0.25) is 0 Å². The van der Waals surface area contributed by atoms with E-state index in [1.165, 1.54) is 6.92 Å². The summed E-state index contributed by atoms with van der Waals surface area (Å²) in [5.41, 5.74) is -0.0902. The minimum absolute atomic E-state index is 0.213. The van der Waals surface area contributed by atoms with Crippen molar-refractivity contribution in [1.29, 1.82) is 0 Å². The van der Waals surface area contributed by atoms with Crippen molar-refractivity contribution in [2.75, 3.05) is 0 Å². The molecular formula is C17H14O3. The van der Waals surface area contributed by atoms with Gasteiger partial charge in [-0.3, -0.25) is 9.59 Å². The molecule has 0 amide bonds. The number of hydrogen-bond donors (Lipinski definition) is 0. The van der Waals surface area contributed by atoms with Crippen molar-refractivity contribution in [2.24, 2.45) is 0 Å². The molecule has 1 atom stereocenters. The summed E-state index contributed by atoms with van der Waals surface area (Å²) in [6.45, 7) is 1.40. The van der Waals surface area contributed by atoms with Crippen molar-refractivity contribution < 1.29 is 14.3 Å². The molecule has 0 spiro atoms. The molecule has 0 saturated heterocycles. The summed E-state index contributed by atoms with van der Waals surface area (Å²) in [6.07, 6.45) is 0.213. The van der Waals surface area contributed by atoms with Gasteiger partial charge >= 0.3 is 0 Å². The number of fused-ring (bicyclic) bond motifs is 1. The van der Waals surface area contributed by atoms with E-state index in [1.807, 2.05) is 24.3 Å². The standard InChI is InChI=1S/C17H14O3/c1-12(18)17(14-8-3-2-4-9-14)16(19)11-13-7-5-6-10-15(13)20-17/h2-10H,11H2,1H3. The first kappa shape index (κ1) is 12.6. The molecular weight excluding hydrogens is 252 g/mol. The number of para-hydroxylation sites is 1. The van der Waals surface area contributed by atoms with E-state index in [4.69, 9.17) is 4.74 Å². The zero-order valence-corrected chi connectivity index (χ0v) is 11.1. The summed E-state index contributed by atoms with van der Waals surface area (Å²) in [7, 11) is 0. The molecule has 2 aromatic rings. The maximum Gasteiger partial charge on any atom is 0.249 e. The lowest BCUT2D eigenvalue weighted by atomic mass is 9.81. The van der Waals surface area contributed by atoms with Crippen LogP contribution in [0.1, 0.15) is 18.1 Å². The van der Waals surface area contributed by atoms with Crippen molar-refractivity contribution in [3.05, 3.63) is 65.7 Å². The van der Waals surface area contributed by atoms with Crippen molar-refractivity contribution in [3.63, 3.8) is 0 Å². The fraction of sp³-hybridized carbons (Fsp3) is 0.176. The number of hydrogen-bond acceptors (Lipinski definition) is 3. The van der Waals surface area contributed by atoms with Crippen molar-refractivity contribution in [1.82, 2.24) is 0 Å². The second-order valence-corrected chi connectivity index (χ2v) is 4.91. The molecule has 3 nitrogen and oxygen atoms in total. The summed E-state index contributed by atoms with van der Waals surface area (Å²) >= 11 is 0. The maximum absolute atomic E-state index is 12.6. The average molecular weight is 266 g/mol. The molecule has 0 N–H and O–H groups in total. The average Bonchev–Trinajstić information content (AvgIpc) is 2.47.